The largest absolute Gasteiger partial charge is 0.472 e. The van der Waals surface area contributed by atoms with Gasteiger partial charge in [-0.05, 0) is 25.5 Å². The molecule has 1 aliphatic heterocycles. The third-order valence-corrected chi connectivity index (χ3v) is 3.51. The molecule has 3 nitrogen and oxygen atoms in total. The number of likely N-dealkylation sites (N-methyl/N-ethyl adjacent to an activating group) is 1. The number of aryl methyl sites for hydroxylation is 1. The van der Waals surface area contributed by atoms with E-state index in [1.807, 2.05) is 31.0 Å². The Kier molecular flexibility index (Phi) is 3.84. The van der Waals surface area contributed by atoms with Crippen LogP contribution in [0.5, 0.6) is 5.88 Å². The molecule has 0 radical (unpaired) electrons. The van der Waals surface area contributed by atoms with Gasteiger partial charge in [-0.2, -0.15) is 0 Å². The lowest BCUT2D eigenvalue weighted by atomic mass is 10.2. The van der Waals surface area contributed by atoms with Gasteiger partial charge in [0.1, 0.15) is 11.1 Å². The van der Waals surface area contributed by atoms with Gasteiger partial charge in [-0.1, -0.05) is 12.2 Å². The van der Waals surface area contributed by atoms with Crippen LogP contribution in [0.25, 0.3) is 0 Å². The zero-order chi connectivity index (χ0) is 12.4. The molecule has 0 aliphatic carbocycles. The third kappa shape index (κ3) is 2.69. The first-order valence-electron chi connectivity index (χ1n) is 5.57. The summed E-state index contributed by atoms with van der Waals surface area (Å²) in [5.74, 6) is 1.21. The molecule has 1 aliphatic rings. The van der Waals surface area contributed by atoms with Crippen LogP contribution in [0.3, 0.4) is 0 Å². The first-order valence-corrected chi connectivity index (χ1v) is 6.52. The number of halogens is 1. The molecule has 0 fully saturated rings. The Hall–Kier alpha value is -0.870. The van der Waals surface area contributed by atoms with E-state index in [1.54, 1.807) is 0 Å². The van der Waals surface area contributed by atoms with E-state index in [-0.39, 0.29) is 6.10 Å². The Bertz CT molecular complexity index is 439. The average molecular weight is 271 g/mol. The number of fused-ring (bicyclic) bond motifs is 1. The molecule has 0 bridgehead atoms. The van der Waals surface area contributed by atoms with Crippen molar-refractivity contribution in [3.63, 3.8) is 0 Å². The summed E-state index contributed by atoms with van der Waals surface area (Å²) in [7, 11) is 1.97. The third-order valence-electron chi connectivity index (χ3n) is 2.76. The van der Waals surface area contributed by atoms with E-state index >= 15 is 0 Å². The van der Waals surface area contributed by atoms with E-state index in [4.69, 9.17) is 28.6 Å². The van der Waals surface area contributed by atoms with Gasteiger partial charge in [-0.25, -0.2) is 4.98 Å². The van der Waals surface area contributed by atoms with Crippen LogP contribution in [-0.2, 0) is 0 Å². The van der Waals surface area contributed by atoms with Gasteiger partial charge in [0.15, 0.2) is 0 Å². The van der Waals surface area contributed by atoms with Gasteiger partial charge in [0.25, 0.3) is 0 Å². The molecular formula is C12H15ClN2OS. The number of thiocarbonyl (C=S) groups is 1. The molecule has 0 amide bonds. The molecule has 92 valence electrons. The van der Waals surface area contributed by atoms with E-state index in [2.05, 4.69) is 4.98 Å². The van der Waals surface area contributed by atoms with Crippen LogP contribution in [0.2, 0.25) is 0 Å². The maximum atomic E-state index is 5.89. The minimum atomic E-state index is 0.0472. The monoisotopic (exact) mass is 270 g/mol. The van der Waals surface area contributed by atoms with Gasteiger partial charge in [-0.15, -0.1) is 11.6 Å². The van der Waals surface area contributed by atoms with Gasteiger partial charge in [-0.3, -0.25) is 0 Å². The second kappa shape index (κ2) is 5.19. The lowest BCUT2D eigenvalue weighted by Gasteiger charge is -2.20. The van der Waals surface area contributed by atoms with Crippen LogP contribution < -0.4 is 4.74 Å². The average Bonchev–Trinajstić information content (AvgIpc) is 2.38. The molecule has 2 rings (SSSR count). The highest BCUT2D eigenvalue weighted by molar-refractivity contribution is 7.80. The lowest BCUT2D eigenvalue weighted by Crippen LogP contribution is -2.33. The van der Waals surface area contributed by atoms with Crippen molar-refractivity contribution in [2.45, 2.75) is 19.4 Å². The summed E-state index contributed by atoms with van der Waals surface area (Å²) in [6, 6.07) is 3.92. The molecule has 0 saturated heterocycles. The van der Waals surface area contributed by atoms with E-state index in [9.17, 15) is 0 Å². The fourth-order valence-corrected chi connectivity index (χ4v) is 2.32. The molecule has 0 spiro atoms. The van der Waals surface area contributed by atoms with Gasteiger partial charge in [0.05, 0.1) is 12.1 Å². The maximum Gasteiger partial charge on any atom is 0.224 e. The fourth-order valence-electron chi connectivity index (χ4n) is 1.85. The van der Waals surface area contributed by atoms with E-state index in [0.717, 1.165) is 29.2 Å². The highest BCUT2D eigenvalue weighted by Gasteiger charge is 2.24. The summed E-state index contributed by atoms with van der Waals surface area (Å²) in [6.45, 7) is 2.69. The molecule has 0 aromatic carbocycles. The summed E-state index contributed by atoms with van der Waals surface area (Å²) in [6.07, 6.45) is 0.842. The Morgan fingerprint density at radius 3 is 3.06 bits per heavy atom. The van der Waals surface area contributed by atoms with Crippen LogP contribution in [-0.4, -0.2) is 40.4 Å². The van der Waals surface area contributed by atoms with Gasteiger partial charge >= 0.3 is 0 Å². The van der Waals surface area contributed by atoms with Crippen molar-refractivity contribution in [2.24, 2.45) is 0 Å². The zero-order valence-corrected chi connectivity index (χ0v) is 11.5. The molecule has 17 heavy (non-hydrogen) atoms. The summed E-state index contributed by atoms with van der Waals surface area (Å²) in [5.41, 5.74) is 1.82. The van der Waals surface area contributed by atoms with Crippen LogP contribution in [0.4, 0.5) is 0 Å². The quantitative estimate of drug-likeness (QED) is 0.609. The number of aromatic nitrogens is 1. The Morgan fingerprint density at radius 2 is 2.35 bits per heavy atom. The molecule has 2 heterocycles. The predicted octanol–water partition coefficient (Wildman–Crippen LogP) is 2.39. The first kappa shape index (κ1) is 12.6. The van der Waals surface area contributed by atoms with Crippen molar-refractivity contribution in [3.8, 4) is 5.88 Å². The smallest absolute Gasteiger partial charge is 0.224 e. The van der Waals surface area contributed by atoms with Crippen molar-refractivity contribution >= 4 is 28.8 Å². The molecular weight excluding hydrogens is 256 g/mol. The Balaban J connectivity index is 2.37. The minimum absolute atomic E-state index is 0.0472. The zero-order valence-electron chi connectivity index (χ0n) is 9.94. The van der Waals surface area contributed by atoms with Gasteiger partial charge in [0.2, 0.25) is 5.88 Å². The van der Waals surface area contributed by atoms with Crippen LogP contribution >= 0.6 is 23.8 Å². The predicted molar refractivity (Wildman–Crippen MR) is 73.1 cm³/mol. The number of nitrogens with zero attached hydrogens (tertiary/aromatic N) is 2. The van der Waals surface area contributed by atoms with E-state index < -0.39 is 0 Å². The number of pyridine rings is 1. The molecule has 1 aromatic rings. The standard InChI is InChI=1S/C12H15ClN2OS/c1-8-3-4-10-11(14-8)16-9(5-6-13)7-15(2)12(10)17/h3-4,9H,5-7H2,1-2H3. The van der Waals surface area contributed by atoms with E-state index in [0.29, 0.717) is 11.8 Å². The molecule has 5 heteroatoms. The van der Waals surface area contributed by atoms with Crippen molar-refractivity contribution in [3.05, 3.63) is 23.4 Å². The van der Waals surface area contributed by atoms with Crippen LogP contribution in [0.1, 0.15) is 17.7 Å². The van der Waals surface area contributed by atoms with E-state index in [1.165, 1.54) is 0 Å². The highest BCUT2D eigenvalue weighted by Crippen LogP contribution is 2.24. The maximum absolute atomic E-state index is 5.89. The van der Waals surface area contributed by atoms with Crippen molar-refractivity contribution in [2.75, 3.05) is 19.5 Å². The first-order chi connectivity index (χ1) is 8.11. The van der Waals surface area contributed by atoms with Crippen LogP contribution in [0.15, 0.2) is 12.1 Å². The normalized spacial score (nSPS) is 19.6. The summed E-state index contributed by atoms with van der Waals surface area (Å²) in [5, 5.41) is 0. The van der Waals surface area contributed by atoms with Crippen molar-refractivity contribution < 1.29 is 4.74 Å². The Morgan fingerprint density at radius 1 is 1.59 bits per heavy atom. The molecule has 0 N–H and O–H groups in total. The highest BCUT2D eigenvalue weighted by atomic mass is 35.5. The van der Waals surface area contributed by atoms with Crippen molar-refractivity contribution in [1.82, 2.24) is 9.88 Å². The SMILES string of the molecule is Cc1ccc2c(n1)OC(CCCl)CN(C)C2=S. The van der Waals surface area contributed by atoms with Gasteiger partial charge < -0.3 is 9.64 Å². The second-order valence-electron chi connectivity index (χ2n) is 4.21. The molecule has 0 saturated carbocycles. The number of hydrogen-bond donors (Lipinski definition) is 0. The number of hydrogen-bond acceptors (Lipinski definition) is 3. The van der Waals surface area contributed by atoms with Crippen LogP contribution in [0, 0.1) is 6.92 Å². The number of rotatable bonds is 2. The topological polar surface area (TPSA) is 25.4 Å². The molecule has 1 unspecified atom stereocenters. The van der Waals surface area contributed by atoms with Crippen molar-refractivity contribution in [1.29, 1.82) is 0 Å². The minimum Gasteiger partial charge on any atom is -0.472 e. The molecule has 1 aromatic heterocycles. The summed E-state index contributed by atoms with van der Waals surface area (Å²) in [4.78, 5) is 7.22. The fraction of sp³-hybridized carbons (Fsp3) is 0.500. The summed E-state index contributed by atoms with van der Waals surface area (Å²) >= 11 is 11.2. The second-order valence-corrected chi connectivity index (χ2v) is 4.97. The summed E-state index contributed by atoms with van der Waals surface area (Å²) < 4.78 is 5.89. The molecule has 1 atom stereocenters. The lowest BCUT2D eigenvalue weighted by molar-refractivity contribution is 0.172. The van der Waals surface area contributed by atoms with Gasteiger partial charge in [0, 0.05) is 18.6 Å². The number of ether oxygens (including phenoxy) is 1. The number of alkyl halides is 1. The Labute approximate surface area is 112 Å².